The second-order valence-electron chi connectivity index (χ2n) is 6.08. The molecule has 1 atom stereocenters. The van der Waals surface area contributed by atoms with Crippen molar-refractivity contribution in [2.45, 2.75) is 25.8 Å². The van der Waals surface area contributed by atoms with Gasteiger partial charge in [0.25, 0.3) is 0 Å². The molecule has 0 radical (unpaired) electrons. The van der Waals surface area contributed by atoms with Gasteiger partial charge in [-0.3, -0.25) is 4.79 Å². The first-order valence-electron chi connectivity index (χ1n) is 8.57. The Morgan fingerprint density at radius 3 is 2.74 bits per heavy atom. The molecular formula is C20H20FN3O3. The van der Waals surface area contributed by atoms with Crippen molar-refractivity contribution in [3.63, 3.8) is 0 Å². The Morgan fingerprint density at radius 1 is 1.26 bits per heavy atom. The van der Waals surface area contributed by atoms with Crippen LogP contribution in [0, 0.1) is 5.82 Å². The molecule has 0 aliphatic rings. The van der Waals surface area contributed by atoms with Crippen LogP contribution in [0.1, 0.15) is 30.8 Å². The van der Waals surface area contributed by atoms with E-state index in [9.17, 15) is 9.18 Å². The van der Waals surface area contributed by atoms with Crippen molar-refractivity contribution in [1.29, 1.82) is 0 Å². The number of carbonyl (C=O) groups excluding carboxylic acids is 1. The number of halogens is 1. The Labute approximate surface area is 156 Å². The number of aromatic nitrogens is 2. The Morgan fingerprint density at radius 2 is 2.04 bits per heavy atom. The van der Waals surface area contributed by atoms with E-state index >= 15 is 0 Å². The minimum Gasteiger partial charge on any atom is -0.497 e. The van der Waals surface area contributed by atoms with E-state index in [4.69, 9.17) is 9.26 Å². The predicted octanol–water partition coefficient (Wildman–Crippen LogP) is 3.69. The molecule has 0 fully saturated rings. The zero-order chi connectivity index (χ0) is 19.2. The first-order chi connectivity index (χ1) is 13.0. The standard InChI is InChI=1S/C20H20FN3O3/c1-13(14-6-8-17(26-2)9-7-14)22-18(25)10-11-19-23-20(24-27-19)15-4-3-5-16(21)12-15/h3-9,12-13H,10-11H2,1-2H3,(H,22,25)/t13-/m0/s1. The van der Waals surface area contributed by atoms with Gasteiger partial charge in [-0.05, 0) is 36.8 Å². The van der Waals surface area contributed by atoms with Crippen molar-refractivity contribution in [1.82, 2.24) is 15.5 Å². The van der Waals surface area contributed by atoms with Crippen LogP contribution in [0.2, 0.25) is 0 Å². The van der Waals surface area contributed by atoms with E-state index in [0.717, 1.165) is 11.3 Å². The molecule has 1 heterocycles. The largest absolute Gasteiger partial charge is 0.497 e. The first-order valence-corrected chi connectivity index (χ1v) is 8.57. The number of rotatable bonds is 7. The number of ether oxygens (including phenoxy) is 1. The topological polar surface area (TPSA) is 77.2 Å². The third kappa shape index (κ3) is 4.91. The van der Waals surface area contributed by atoms with Gasteiger partial charge in [-0.1, -0.05) is 29.4 Å². The highest BCUT2D eigenvalue weighted by molar-refractivity contribution is 5.76. The van der Waals surface area contributed by atoms with E-state index in [1.54, 1.807) is 19.2 Å². The quantitative estimate of drug-likeness (QED) is 0.687. The van der Waals surface area contributed by atoms with Crippen LogP contribution in [0.3, 0.4) is 0 Å². The molecule has 0 aliphatic heterocycles. The number of hydrogen-bond donors (Lipinski definition) is 1. The molecule has 6 nitrogen and oxygen atoms in total. The molecule has 3 aromatic rings. The molecule has 0 aliphatic carbocycles. The van der Waals surface area contributed by atoms with Crippen molar-refractivity contribution < 1.29 is 18.4 Å². The number of hydrogen-bond acceptors (Lipinski definition) is 5. The summed E-state index contributed by atoms with van der Waals surface area (Å²) in [4.78, 5) is 16.4. The van der Waals surface area contributed by atoms with Crippen LogP contribution in [0.4, 0.5) is 4.39 Å². The van der Waals surface area contributed by atoms with Crippen LogP contribution in [0.25, 0.3) is 11.4 Å². The molecule has 0 unspecified atom stereocenters. The predicted molar refractivity (Wildman–Crippen MR) is 97.6 cm³/mol. The highest BCUT2D eigenvalue weighted by Gasteiger charge is 2.13. The second-order valence-corrected chi connectivity index (χ2v) is 6.08. The molecular weight excluding hydrogens is 349 g/mol. The average molecular weight is 369 g/mol. The van der Waals surface area contributed by atoms with Gasteiger partial charge in [0, 0.05) is 18.4 Å². The molecule has 0 bridgehead atoms. The van der Waals surface area contributed by atoms with E-state index in [2.05, 4.69) is 15.5 Å². The fourth-order valence-electron chi connectivity index (χ4n) is 2.61. The van der Waals surface area contributed by atoms with E-state index < -0.39 is 0 Å². The summed E-state index contributed by atoms with van der Waals surface area (Å²) in [5.41, 5.74) is 1.51. The molecule has 140 valence electrons. The molecule has 0 spiro atoms. The van der Waals surface area contributed by atoms with Crippen molar-refractivity contribution >= 4 is 5.91 Å². The van der Waals surface area contributed by atoms with Crippen LogP contribution >= 0.6 is 0 Å². The highest BCUT2D eigenvalue weighted by atomic mass is 19.1. The Hall–Kier alpha value is -3.22. The minimum absolute atomic E-state index is 0.121. The van der Waals surface area contributed by atoms with E-state index in [0.29, 0.717) is 23.7 Å². The van der Waals surface area contributed by atoms with Gasteiger partial charge in [0.1, 0.15) is 11.6 Å². The van der Waals surface area contributed by atoms with Gasteiger partial charge in [0.15, 0.2) is 0 Å². The summed E-state index contributed by atoms with van der Waals surface area (Å²) < 4.78 is 23.5. The summed E-state index contributed by atoms with van der Waals surface area (Å²) in [6.07, 6.45) is 0.523. The summed E-state index contributed by atoms with van der Waals surface area (Å²) in [6, 6.07) is 13.3. The number of methoxy groups -OCH3 is 1. The number of nitrogens with zero attached hydrogens (tertiary/aromatic N) is 2. The van der Waals surface area contributed by atoms with Gasteiger partial charge in [-0.2, -0.15) is 4.98 Å². The van der Waals surface area contributed by atoms with Gasteiger partial charge >= 0.3 is 0 Å². The lowest BCUT2D eigenvalue weighted by molar-refractivity contribution is -0.121. The zero-order valence-corrected chi connectivity index (χ0v) is 15.1. The monoisotopic (exact) mass is 369 g/mol. The maximum atomic E-state index is 13.3. The van der Waals surface area contributed by atoms with Crippen LogP contribution in [0.5, 0.6) is 5.75 Å². The lowest BCUT2D eigenvalue weighted by atomic mass is 10.1. The average Bonchev–Trinajstić information content (AvgIpc) is 3.15. The fraction of sp³-hybridized carbons (Fsp3) is 0.250. The molecule has 1 amide bonds. The van der Waals surface area contributed by atoms with E-state index in [1.165, 1.54) is 12.1 Å². The molecule has 1 N–H and O–H groups in total. The van der Waals surface area contributed by atoms with Gasteiger partial charge in [0.05, 0.1) is 13.2 Å². The lowest BCUT2D eigenvalue weighted by Crippen LogP contribution is -2.26. The van der Waals surface area contributed by atoms with Gasteiger partial charge < -0.3 is 14.6 Å². The number of aryl methyl sites for hydroxylation is 1. The lowest BCUT2D eigenvalue weighted by Gasteiger charge is -2.14. The highest BCUT2D eigenvalue weighted by Crippen LogP contribution is 2.19. The first kappa shape index (κ1) is 18.6. The third-order valence-corrected chi connectivity index (χ3v) is 4.11. The van der Waals surface area contributed by atoms with Crippen molar-refractivity contribution in [2.24, 2.45) is 0 Å². The van der Waals surface area contributed by atoms with Crippen molar-refractivity contribution in [2.75, 3.05) is 7.11 Å². The normalized spacial score (nSPS) is 11.8. The van der Waals surface area contributed by atoms with Crippen LogP contribution in [-0.2, 0) is 11.2 Å². The maximum absolute atomic E-state index is 13.3. The summed E-state index contributed by atoms with van der Waals surface area (Å²) in [7, 11) is 1.61. The molecule has 0 saturated heterocycles. The number of nitrogens with one attached hydrogen (secondary N) is 1. The third-order valence-electron chi connectivity index (χ3n) is 4.11. The van der Waals surface area contributed by atoms with Crippen LogP contribution < -0.4 is 10.1 Å². The number of benzene rings is 2. The Balaban J connectivity index is 1.53. The molecule has 2 aromatic carbocycles. The van der Waals surface area contributed by atoms with E-state index in [1.807, 2.05) is 31.2 Å². The maximum Gasteiger partial charge on any atom is 0.227 e. The van der Waals surface area contributed by atoms with Crippen LogP contribution in [-0.4, -0.2) is 23.2 Å². The molecule has 0 saturated carbocycles. The second kappa shape index (κ2) is 8.44. The summed E-state index contributed by atoms with van der Waals surface area (Å²) >= 11 is 0. The Kier molecular flexibility index (Phi) is 5.80. The fourth-order valence-corrected chi connectivity index (χ4v) is 2.61. The summed E-state index contributed by atoms with van der Waals surface area (Å²) in [6.45, 7) is 1.91. The molecule has 1 aromatic heterocycles. The van der Waals surface area contributed by atoms with Crippen molar-refractivity contribution in [3.05, 3.63) is 65.8 Å². The van der Waals surface area contributed by atoms with E-state index in [-0.39, 0.29) is 24.2 Å². The smallest absolute Gasteiger partial charge is 0.227 e. The van der Waals surface area contributed by atoms with Crippen molar-refractivity contribution in [3.8, 4) is 17.1 Å². The van der Waals surface area contributed by atoms with Crippen LogP contribution in [0.15, 0.2) is 53.1 Å². The number of carbonyl (C=O) groups is 1. The SMILES string of the molecule is COc1ccc([C@H](C)NC(=O)CCc2nc(-c3cccc(F)c3)no2)cc1. The van der Waals surface area contributed by atoms with Gasteiger partial charge in [-0.25, -0.2) is 4.39 Å². The minimum atomic E-state index is -0.370. The number of amides is 1. The van der Waals surface area contributed by atoms with Gasteiger partial charge in [0.2, 0.25) is 17.6 Å². The summed E-state index contributed by atoms with van der Waals surface area (Å²) in [5.74, 6) is 0.912. The molecule has 27 heavy (non-hydrogen) atoms. The Bertz CT molecular complexity index is 909. The summed E-state index contributed by atoms with van der Waals surface area (Å²) in [5, 5.41) is 6.76. The molecule has 7 heteroatoms. The van der Waals surface area contributed by atoms with Gasteiger partial charge in [-0.15, -0.1) is 0 Å². The molecule has 3 rings (SSSR count). The zero-order valence-electron chi connectivity index (χ0n) is 15.1.